The van der Waals surface area contributed by atoms with E-state index in [2.05, 4.69) is 32.9 Å². The van der Waals surface area contributed by atoms with Crippen molar-refractivity contribution >= 4 is 17.9 Å². The van der Waals surface area contributed by atoms with Crippen molar-refractivity contribution in [2.75, 3.05) is 13.2 Å². The van der Waals surface area contributed by atoms with Gasteiger partial charge in [0.2, 0.25) is 0 Å². The molecule has 0 aliphatic rings. The summed E-state index contributed by atoms with van der Waals surface area (Å²) in [5.41, 5.74) is 0. The molecule has 0 amide bonds. The standard InChI is InChI=1S/C54H102O6/c1-4-7-10-13-16-19-22-25-28-31-34-37-40-43-46-52(55)58-49-51(60-54(57)48-45-42-39-36-33-30-27-24-21-18-15-12-9-6-3)50-59-53(56)47-44-41-38-35-32-29-26-23-20-17-14-11-8-5-2/h28,31,51H,4-27,29-30,32-50H2,1-3H3/b31-28-. The molecule has 0 fully saturated rings. The molecule has 6 nitrogen and oxygen atoms in total. The van der Waals surface area contributed by atoms with Gasteiger partial charge in [0.25, 0.3) is 0 Å². The van der Waals surface area contributed by atoms with Crippen LogP contribution in [-0.4, -0.2) is 37.2 Å². The number of rotatable bonds is 49. The number of allylic oxidation sites excluding steroid dienone is 2. The first-order chi connectivity index (χ1) is 29.5. The third-order valence-electron chi connectivity index (χ3n) is 12.0. The lowest BCUT2D eigenvalue weighted by Crippen LogP contribution is -2.30. The van der Waals surface area contributed by atoms with E-state index in [-0.39, 0.29) is 31.1 Å². The third-order valence-corrected chi connectivity index (χ3v) is 12.0. The van der Waals surface area contributed by atoms with E-state index in [0.717, 1.165) is 64.2 Å². The Bertz CT molecular complexity index is 931. The summed E-state index contributed by atoms with van der Waals surface area (Å²) in [5, 5.41) is 0. The average molecular weight is 847 g/mol. The van der Waals surface area contributed by atoms with Crippen LogP contribution < -0.4 is 0 Å². The molecule has 6 heteroatoms. The third kappa shape index (κ3) is 47.2. The van der Waals surface area contributed by atoms with Crippen LogP contribution >= 0.6 is 0 Å². The summed E-state index contributed by atoms with van der Waals surface area (Å²) >= 11 is 0. The number of hydrogen-bond acceptors (Lipinski definition) is 6. The van der Waals surface area contributed by atoms with Crippen LogP contribution in [0.15, 0.2) is 12.2 Å². The molecule has 0 N–H and O–H groups in total. The minimum absolute atomic E-state index is 0.0691. The lowest BCUT2D eigenvalue weighted by atomic mass is 10.0. The Labute approximate surface area is 373 Å². The fourth-order valence-electron chi connectivity index (χ4n) is 7.97. The number of unbranched alkanes of at least 4 members (excludes halogenated alkanes) is 36. The molecular formula is C54H102O6. The smallest absolute Gasteiger partial charge is 0.306 e. The van der Waals surface area contributed by atoms with Crippen LogP contribution in [0, 0.1) is 0 Å². The van der Waals surface area contributed by atoms with Crippen molar-refractivity contribution in [3.63, 3.8) is 0 Å². The lowest BCUT2D eigenvalue weighted by molar-refractivity contribution is -0.167. The Kier molecular flexibility index (Phi) is 48.3. The molecule has 0 aliphatic heterocycles. The highest BCUT2D eigenvalue weighted by Gasteiger charge is 2.19. The highest BCUT2D eigenvalue weighted by molar-refractivity contribution is 5.71. The zero-order valence-electron chi connectivity index (χ0n) is 40.5. The number of esters is 3. The maximum Gasteiger partial charge on any atom is 0.306 e. The minimum Gasteiger partial charge on any atom is -0.462 e. The van der Waals surface area contributed by atoms with Gasteiger partial charge < -0.3 is 14.2 Å². The van der Waals surface area contributed by atoms with Gasteiger partial charge in [-0.2, -0.15) is 0 Å². The zero-order valence-corrected chi connectivity index (χ0v) is 40.5. The summed E-state index contributed by atoms with van der Waals surface area (Å²) in [7, 11) is 0. The second-order valence-corrected chi connectivity index (χ2v) is 18.2. The summed E-state index contributed by atoms with van der Waals surface area (Å²) in [6.45, 7) is 6.66. The molecule has 0 spiro atoms. The maximum atomic E-state index is 12.8. The van der Waals surface area contributed by atoms with E-state index < -0.39 is 6.10 Å². The number of ether oxygens (including phenoxy) is 3. The largest absolute Gasteiger partial charge is 0.462 e. The van der Waals surface area contributed by atoms with Crippen LogP contribution in [0.25, 0.3) is 0 Å². The summed E-state index contributed by atoms with van der Waals surface area (Å²) in [6.07, 6.45) is 54.8. The molecule has 0 saturated carbocycles. The van der Waals surface area contributed by atoms with Crippen LogP contribution in [0.1, 0.15) is 297 Å². The van der Waals surface area contributed by atoms with Gasteiger partial charge in [0, 0.05) is 19.3 Å². The van der Waals surface area contributed by atoms with Gasteiger partial charge in [0.15, 0.2) is 6.10 Å². The van der Waals surface area contributed by atoms with E-state index in [0.29, 0.717) is 19.3 Å². The number of carbonyl (C=O) groups is 3. The second kappa shape index (κ2) is 49.8. The number of carbonyl (C=O) groups excluding carboxylic acids is 3. The molecule has 1 unspecified atom stereocenters. The van der Waals surface area contributed by atoms with Gasteiger partial charge in [-0.05, 0) is 44.9 Å². The molecule has 60 heavy (non-hydrogen) atoms. The highest BCUT2D eigenvalue weighted by Crippen LogP contribution is 2.16. The first-order valence-corrected chi connectivity index (χ1v) is 26.7. The van der Waals surface area contributed by atoms with Gasteiger partial charge in [0.1, 0.15) is 13.2 Å². The van der Waals surface area contributed by atoms with Crippen molar-refractivity contribution in [1.82, 2.24) is 0 Å². The maximum absolute atomic E-state index is 12.8. The Morgan fingerprint density at radius 2 is 0.550 bits per heavy atom. The zero-order chi connectivity index (χ0) is 43.7. The fraction of sp³-hybridized carbons (Fsp3) is 0.907. The first kappa shape index (κ1) is 58.1. The summed E-state index contributed by atoms with van der Waals surface area (Å²) in [4.78, 5) is 38.0. The van der Waals surface area contributed by atoms with Gasteiger partial charge in [-0.15, -0.1) is 0 Å². The average Bonchev–Trinajstić information content (AvgIpc) is 3.24. The first-order valence-electron chi connectivity index (χ1n) is 26.7. The predicted molar refractivity (Wildman–Crippen MR) is 256 cm³/mol. The van der Waals surface area contributed by atoms with E-state index in [1.165, 1.54) is 193 Å². The SMILES string of the molecule is CCCCCCCCC/C=C\CCCCCC(=O)OCC(COC(=O)CCCCCCCCCCCCCCCC)OC(=O)CCCCCCCCCCCCCCCC. The molecule has 0 saturated heterocycles. The van der Waals surface area contributed by atoms with Crippen molar-refractivity contribution in [3.8, 4) is 0 Å². The van der Waals surface area contributed by atoms with E-state index in [9.17, 15) is 14.4 Å². The molecular weight excluding hydrogens is 745 g/mol. The van der Waals surface area contributed by atoms with E-state index >= 15 is 0 Å². The van der Waals surface area contributed by atoms with Crippen molar-refractivity contribution in [1.29, 1.82) is 0 Å². The van der Waals surface area contributed by atoms with E-state index in [1.807, 2.05) is 0 Å². The molecule has 0 radical (unpaired) electrons. The molecule has 0 aromatic carbocycles. The number of hydrogen-bond donors (Lipinski definition) is 0. The summed E-state index contributed by atoms with van der Waals surface area (Å²) in [6, 6.07) is 0. The monoisotopic (exact) mass is 847 g/mol. The Morgan fingerprint density at radius 3 is 0.850 bits per heavy atom. The molecule has 0 heterocycles. The van der Waals surface area contributed by atoms with Crippen LogP contribution in [-0.2, 0) is 28.6 Å². The lowest BCUT2D eigenvalue weighted by Gasteiger charge is -2.18. The van der Waals surface area contributed by atoms with Crippen molar-refractivity contribution in [3.05, 3.63) is 12.2 Å². The highest BCUT2D eigenvalue weighted by atomic mass is 16.6. The molecule has 0 bridgehead atoms. The molecule has 354 valence electrons. The molecule has 0 aliphatic carbocycles. The molecule has 0 rings (SSSR count). The Hall–Kier alpha value is -1.85. The van der Waals surface area contributed by atoms with Gasteiger partial charge in [-0.1, -0.05) is 245 Å². The van der Waals surface area contributed by atoms with Gasteiger partial charge in [-0.25, -0.2) is 0 Å². The van der Waals surface area contributed by atoms with Gasteiger partial charge in [0.05, 0.1) is 0 Å². The fourth-order valence-corrected chi connectivity index (χ4v) is 7.97. The second-order valence-electron chi connectivity index (χ2n) is 18.2. The van der Waals surface area contributed by atoms with Gasteiger partial charge >= 0.3 is 17.9 Å². The Morgan fingerprint density at radius 1 is 0.317 bits per heavy atom. The van der Waals surface area contributed by atoms with E-state index in [1.54, 1.807) is 0 Å². The van der Waals surface area contributed by atoms with Crippen molar-refractivity contribution < 1.29 is 28.6 Å². The Balaban J connectivity index is 4.34. The molecule has 0 aromatic rings. The molecule has 0 aromatic heterocycles. The van der Waals surface area contributed by atoms with Crippen LogP contribution in [0.4, 0.5) is 0 Å². The van der Waals surface area contributed by atoms with Crippen molar-refractivity contribution in [2.45, 2.75) is 303 Å². The van der Waals surface area contributed by atoms with Crippen LogP contribution in [0.5, 0.6) is 0 Å². The van der Waals surface area contributed by atoms with Crippen LogP contribution in [0.3, 0.4) is 0 Å². The van der Waals surface area contributed by atoms with Gasteiger partial charge in [-0.3, -0.25) is 14.4 Å². The topological polar surface area (TPSA) is 78.9 Å². The predicted octanol–water partition coefficient (Wildman–Crippen LogP) is 17.4. The van der Waals surface area contributed by atoms with Crippen molar-refractivity contribution in [2.24, 2.45) is 0 Å². The quantitative estimate of drug-likeness (QED) is 0.0263. The summed E-state index contributed by atoms with van der Waals surface area (Å²) < 4.78 is 16.8. The molecule has 1 atom stereocenters. The van der Waals surface area contributed by atoms with E-state index in [4.69, 9.17) is 14.2 Å². The normalized spacial score (nSPS) is 12.0. The summed E-state index contributed by atoms with van der Waals surface area (Å²) in [5.74, 6) is -0.867. The van der Waals surface area contributed by atoms with Crippen LogP contribution in [0.2, 0.25) is 0 Å². The minimum atomic E-state index is -0.769.